The van der Waals surface area contributed by atoms with Crippen molar-refractivity contribution in [2.45, 2.75) is 89.0 Å². The second-order valence-electron chi connectivity index (χ2n) is 12.4. The number of aromatic nitrogens is 1. The van der Waals surface area contributed by atoms with Gasteiger partial charge >= 0.3 is 6.03 Å². The van der Waals surface area contributed by atoms with Gasteiger partial charge in [0.25, 0.3) is 0 Å². The summed E-state index contributed by atoms with van der Waals surface area (Å²) in [6.07, 6.45) is 12.2. The number of amides is 3. The van der Waals surface area contributed by atoms with E-state index in [1.807, 2.05) is 4.90 Å². The van der Waals surface area contributed by atoms with Crippen molar-refractivity contribution < 1.29 is 14.3 Å². The molecule has 1 unspecified atom stereocenters. The minimum atomic E-state index is -0.132. The van der Waals surface area contributed by atoms with E-state index in [-0.39, 0.29) is 29.3 Å². The van der Waals surface area contributed by atoms with E-state index >= 15 is 0 Å². The van der Waals surface area contributed by atoms with Crippen LogP contribution in [0, 0.1) is 11.8 Å². The van der Waals surface area contributed by atoms with Crippen LogP contribution in [0.15, 0.2) is 48.7 Å². The highest BCUT2D eigenvalue weighted by Gasteiger charge is 2.55. The number of methoxy groups -OCH3 is 1. The molecule has 1 aromatic carbocycles. The molecule has 1 aliphatic heterocycles. The Labute approximate surface area is 239 Å². The topological polar surface area (TPSA) is 74.8 Å². The van der Waals surface area contributed by atoms with Crippen molar-refractivity contribution in [3.63, 3.8) is 0 Å². The van der Waals surface area contributed by atoms with Gasteiger partial charge in [0, 0.05) is 32.1 Å². The Morgan fingerprint density at radius 3 is 2.48 bits per heavy atom. The number of nitrogens with zero attached hydrogens (tertiary/aromatic N) is 3. The normalized spacial score (nSPS) is 25.6. The monoisotopic (exact) mass is 546 g/mol. The minimum Gasteiger partial charge on any atom is -0.481 e. The molecule has 7 nitrogen and oxygen atoms in total. The molecule has 40 heavy (non-hydrogen) atoms. The number of rotatable bonds is 11. The molecule has 0 radical (unpaired) electrons. The van der Waals surface area contributed by atoms with Gasteiger partial charge in [0.15, 0.2) is 0 Å². The lowest BCUT2D eigenvalue weighted by atomic mass is 9.58. The molecule has 216 valence electrons. The average Bonchev–Trinajstić information content (AvgIpc) is 3.20. The Bertz CT molecular complexity index is 1140. The largest absolute Gasteiger partial charge is 0.481 e. The van der Waals surface area contributed by atoms with E-state index < -0.39 is 0 Å². The zero-order chi connectivity index (χ0) is 28.2. The van der Waals surface area contributed by atoms with Crippen LogP contribution in [0.1, 0.15) is 83.6 Å². The zero-order valence-electron chi connectivity index (χ0n) is 24.5. The highest BCUT2D eigenvalue weighted by Crippen LogP contribution is 2.52. The molecule has 5 rings (SSSR count). The first-order valence-electron chi connectivity index (χ1n) is 15.3. The molecule has 1 aromatic heterocycles. The van der Waals surface area contributed by atoms with Gasteiger partial charge in [0.05, 0.1) is 24.5 Å². The Morgan fingerprint density at radius 1 is 1.12 bits per heavy atom. The van der Waals surface area contributed by atoms with Crippen LogP contribution in [0.4, 0.5) is 10.5 Å². The second-order valence-corrected chi connectivity index (χ2v) is 12.4. The fourth-order valence-corrected chi connectivity index (χ4v) is 7.43. The first-order valence-corrected chi connectivity index (χ1v) is 15.3. The molecule has 1 atom stereocenters. The van der Waals surface area contributed by atoms with Crippen LogP contribution in [-0.2, 0) is 10.2 Å². The number of ether oxygens (including phenoxy) is 1. The van der Waals surface area contributed by atoms with Crippen molar-refractivity contribution in [3.05, 3.63) is 54.2 Å². The molecule has 2 aliphatic carbocycles. The number of carbonyl (C=O) groups is 2. The molecule has 7 heteroatoms. The lowest BCUT2D eigenvalue weighted by molar-refractivity contribution is -0.116. The summed E-state index contributed by atoms with van der Waals surface area (Å²) in [5.41, 5.74) is 2.12. The molecule has 2 saturated carbocycles. The first-order chi connectivity index (χ1) is 19.4. The van der Waals surface area contributed by atoms with Gasteiger partial charge in [-0.2, -0.15) is 0 Å². The van der Waals surface area contributed by atoms with Crippen molar-refractivity contribution in [1.82, 2.24) is 14.8 Å². The second kappa shape index (κ2) is 12.2. The fraction of sp³-hybridized carbons (Fsp3) is 0.606. The summed E-state index contributed by atoms with van der Waals surface area (Å²) in [4.78, 5) is 35.0. The summed E-state index contributed by atoms with van der Waals surface area (Å²) in [5, 5.41) is 2.91. The van der Waals surface area contributed by atoms with E-state index in [2.05, 4.69) is 59.4 Å². The van der Waals surface area contributed by atoms with Crippen LogP contribution in [-0.4, -0.2) is 59.0 Å². The van der Waals surface area contributed by atoms with Gasteiger partial charge in [0.2, 0.25) is 11.8 Å². The summed E-state index contributed by atoms with van der Waals surface area (Å²) in [7, 11) is 1.56. The number of anilines is 1. The van der Waals surface area contributed by atoms with E-state index in [4.69, 9.17) is 4.74 Å². The molecule has 2 heterocycles. The van der Waals surface area contributed by atoms with Crippen LogP contribution in [0.25, 0.3) is 0 Å². The third-order valence-corrected chi connectivity index (χ3v) is 10.1. The SMILES string of the molecule is CCCC(C)C1(c2ccccc2)CCC2(CC1)CN(CCC(=O)Nc1ccc(OC)nc1)C(=O)N2CC1CCC1. The molecular formula is C33H46N4O3. The van der Waals surface area contributed by atoms with Crippen LogP contribution in [0.3, 0.4) is 0 Å². The summed E-state index contributed by atoms with van der Waals surface area (Å²) < 4.78 is 5.10. The number of nitrogens with one attached hydrogen (secondary N) is 1. The van der Waals surface area contributed by atoms with E-state index in [1.165, 1.54) is 37.7 Å². The van der Waals surface area contributed by atoms with E-state index in [1.54, 1.807) is 25.4 Å². The highest BCUT2D eigenvalue weighted by molar-refractivity contribution is 5.91. The predicted molar refractivity (Wildman–Crippen MR) is 158 cm³/mol. The van der Waals surface area contributed by atoms with Crippen molar-refractivity contribution in [2.75, 3.05) is 32.1 Å². The lowest BCUT2D eigenvalue weighted by Gasteiger charge is -2.51. The molecule has 3 fully saturated rings. The van der Waals surface area contributed by atoms with Gasteiger partial charge in [-0.1, -0.05) is 63.4 Å². The quantitative estimate of drug-likeness (QED) is 0.343. The molecule has 0 bridgehead atoms. The lowest BCUT2D eigenvalue weighted by Crippen LogP contribution is -2.55. The van der Waals surface area contributed by atoms with Crippen molar-refractivity contribution in [3.8, 4) is 5.88 Å². The summed E-state index contributed by atoms with van der Waals surface area (Å²) in [6, 6.07) is 14.7. The average molecular weight is 547 g/mol. The highest BCUT2D eigenvalue weighted by atomic mass is 16.5. The molecule has 1 saturated heterocycles. The summed E-state index contributed by atoms with van der Waals surface area (Å²) in [6.45, 7) is 6.75. The van der Waals surface area contributed by atoms with E-state index in [0.717, 1.165) is 38.8 Å². The van der Waals surface area contributed by atoms with E-state index in [9.17, 15) is 9.59 Å². The van der Waals surface area contributed by atoms with Gasteiger partial charge < -0.3 is 19.9 Å². The fourth-order valence-electron chi connectivity index (χ4n) is 7.43. The van der Waals surface area contributed by atoms with Gasteiger partial charge in [-0.05, 0) is 67.4 Å². The molecular weight excluding hydrogens is 500 g/mol. The number of benzene rings is 1. The molecule has 1 spiro atoms. The third-order valence-electron chi connectivity index (χ3n) is 10.1. The molecule has 3 aliphatic rings. The number of pyridine rings is 1. The molecule has 2 aromatic rings. The van der Waals surface area contributed by atoms with Gasteiger partial charge in [-0.15, -0.1) is 0 Å². The smallest absolute Gasteiger partial charge is 0.320 e. The predicted octanol–water partition coefficient (Wildman–Crippen LogP) is 6.64. The van der Waals surface area contributed by atoms with Crippen LogP contribution < -0.4 is 10.1 Å². The molecule has 3 amide bonds. The maximum atomic E-state index is 13.9. The van der Waals surface area contributed by atoms with E-state index in [0.29, 0.717) is 29.9 Å². The first kappa shape index (κ1) is 28.4. The van der Waals surface area contributed by atoms with Crippen LogP contribution >= 0.6 is 0 Å². The number of hydrogen-bond donors (Lipinski definition) is 1. The Hall–Kier alpha value is -3.09. The van der Waals surface area contributed by atoms with Gasteiger partial charge in [-0.3, -0.25) is 4.79 Å². The molecule has 1 N–H and O–H groups in total. The Balaban J connectivity index is 1.29. The van der Waals surface area contributed by atoms with Crippen molar-refractivity contribution in [1.29, 1.82) is 0 Å². The minimum absolute atomic E-state index is 0.105. The standard InChI is InChI=1S/C33H46N4O3/c1-4-9-25(2)33(27-12-6-5-7-13-27)19-17-32(18-20-33)24-36(31(39)37(32)23-26-10-8-11-26)21-16-29(38)35-28-14-15-30(40-3)34-22-28/h5-7,12-15,22,25-26H,4,8-11,16-21,23-24H2,1-3H3,(H,35,38). The van der Waals surface area contributed by atoms with Gasteiger partial charge in [0.1, 0.15) is 0 Å². The van der Waals surface area contributed by atoms with Crippen molar-refractivity contribution >= 4 is 17.6 Å². The summed E-state index contributed by atoms with van der Waals surface area (Å²) >= 11 is 0. The number of urea groups is 1. The maximum Gasteiger partial charge on any atom is 0.320 e. The summed E-state index contributed by atoms with van der Waals surface area (Å²) in [5.74, 6) is 1.62. The van der Waals surface area contributed by atoms with Gasteiger partial charge in [-0.25, -0.2) is 9.78 Å². The zero-order valence-corrected chi connectivity index (χ0v) is 24.5. The Morgan fingerprint density at radius 2 is 1.88 bits per heavy atom. The van der Waals surface area contributed by atoms with Crippen LogP contribution in [0.5, 0.6) is 5.88 Å². The number of hydrogen-bond acceptors (Lipinski definition) is 4. The van der Waals surface area contributed by atoms with Crippen LogP contribution in [0.2, 0.25) is 0 Å². The Kier molecular flexibility index (Phi) is 8.67. The number of carbonyl (C=O) groups excluding carboxylic acids is 2. The van der Waals surface area contributed by atoms with Crippen molar-refractivity contribution in [2.24, 2.45) is 11.8 Å². The third kappa shape index (κ3) is 5.70. The maximum absolute atomic E-state index is 13.9.